The highest BCUT2D eigenvalue weighted by molar-refractivity contribution is 9.11. The van der Waals surface area contributed by atoms with Gasteiger partial charge < -0.3 is 0 Å². The van der Waals surface area contributed by atoms with Crippen LogP contribution in [0.2, 0.25) is 0 Å². The smallest absolute Gasteiger partial charge is 0.248 e. The predicted molar refractivity (Wildman–Crippen MR) is 69.0 cm³/mol. The maximum Gasteiger partial charge on any atom is 0.265 e. The highest BCUT2D eigenvalue weighted by Gasteiger charge is 2.19. The molecule has 6 nitrogen and oxygen atoms in total. The summed E-state index contributed by atoms with van der Waals surface area (Å²) in [5.74, 6) is 0.0666. The van der Waals surface area contributed by atoms with Crippen LogP contribution in [0.4, 0.5) is 5.95 Å². The minimum Gasteiger partial charge on any atom is -0.248 e. The van der Waals surface area contributed by atoms with E-state index in [1.807, 2.05) is 0 Å². The first-order valence-corrected chi connectivity index (χ1v) is 7.39. The van der Waals surface area contributed by atoms with E-state index in [4.69, 9.17) is 0 Å². The lowest BCUT2D eigenvalue weighted by Crippen LogP contribution is -2.14. The zero-order valence-corrected chi connectivity index (χ0v) is 12.2. The van der Waals surface area contributed by atoms with E-state index in [0.717, 1.165) is 0 Å². The van der Waals surface area contributed by atoms with Crippen LogP contribution in [0, 0.1) is 0 Å². The molecule has 1 aromatic carbocycles. The van der Waals surface area contributed by atoms with E-state index >= 15 is 0 Å². The van der Waals surface area contributed by atoms with E-state index < -0.39 is 10.0 Å². The molecule has 17 heavy (non-hydrogen) atoms. The Morgan fingerprint density at radius 3 is 2.71 bits per heavy atom. The van der Waals surface area contributed by atoms with E-state index in [9.17, 15) is 8.42 Å². The maximum atomic E-state index is 12.0. The minimum atomic E-state index is -3.70. The monoisotopic (exact) mass is 380 g/mol. The van der Waals surface area contributed by atoms with Gasteiger partial charge in [-0.25, -0.2) is 18.2 Å². The van der Waals surface area contributed by atoms with Crippen LogP contribution < -0.4 is 4.72 Å². The second kappa shape index (κ2) is 4.75. The Kier molecular flexibility index (Phi) is 3.50. The van der Waals surface area contributed by atoms with E-state index in [-0.39, 0.29) is 10.8 Å². The van der Waals surface area contributed by atoms with Gasteiger partial charge in [-0.15, -0.1) is 0 Å². The maximum absolute atomic E-state index is 12.0. The van der Waals surface area contributed by atoms with Crippen LogP contribution in [0.3, 0.4) is 0 Å². The van der Waals surface area contributed by atoms with Gasteiger partial charge in [0, 0.05) is 8.95 Å². The largest absolute Gasteiger partial charge is 0.265 e. The fraction of sp³-hybridized carbons (Fsp3) is 0. The zero-order valence-electron chi connectivity index (χ0n) is 8.18. The Morgan fingerprint density at radius 1 is 1.29 bits per heavy atom. The van der Waals surface area contributed by atoms with Gasteiger partial charge in [0.25, 0.3) is 10.0 Å². The minimum absolute atomic E-state index is 0.0666. The molecule has 2 rings (SSSR count). The second-order valence-electron chi connectivity index (χ2n) is 3.01. The van der Waals surface area contributed by atoms with Gasteiger partial charge in [-0.1, -0.05) is 15.9 Å². The normalized spacial score (nSPS) is 11.4. The number of aromatic amines is 1. The molecular weight excluding hydrogens is 376 g/mol. The van der Waals surface area contributed by atoms with Gasteiger partial charge in [0.1, 0.15) is 11.2 Å². The molecule has 9 heteroatoms. The molecule has 0 aliphatic rings. The SMILES string of the molecule is O=S(=O)(Nc1ncn[nH]1)c1cc(Br)ccc1Br. The molecule has 0 fully saturated rings. The lowest BCUT2D eigenvalue weighted by molar-refractivity contribution is 0.600. The number of nitrogens with one attached hydrogen (secondary N) is 2. The van der Waals surface area contributed by atoms with Crippen molar-refractivity contribution in [3.8, 4) is 0 Å². The third kappa shape index (κ3) is 2.85. The third-order valence-electron chi connectivity index (χ3n) is 1.83. The number of hydrogen-bond donors (Lipinski definition) is 2. The first kappa shape index (κ1) is 12.5. The summed E-state index contributed by atoms with van der Waals surface area (Å²) < 4.78 is 27.5. The molecule has 0 unspecified atom stereocenters. The number of H-pyrrole nitrogens is 1. The van der Waals surface area contributed by atoms with Gasteiger partial charge in [-0.05, 0) is 34.1 Å². The average Bonchev–Trinajstić information content (AvgIpc) is 2.73. The first-order chi connectivity index (χ1) is 7.99. The number of hydrogen-bond acceptors (Lipinski definition) is 4. The quantitative estimate of drug-likeness (QED) is 0.852. The van der Waals surface area contributed by atoms with Gasteiger partial charge >= 0.3 is 0 Å². The molecule has 0 bridgehead atoms. The standard InChI is InChI=1S/C8H6Br2N4O2S/c9-5-1-2-6(10)7(3-5)17(15,16)14-8-11-4-12-13-8/h1-4H,(H2,11,12,13,14). The van der Waals surface area contributed by atoms with Crippen LogP contribution in [0.1, 0.15) is 0 Å². The summed E-state index contributed by atoms with van der Waals surface area (Å²) in [6.07, 6.45) is 1.22. The van der Waals surface area contributed by atoms with Crippen LogP contribution in [-0.4, -0.2) is 23.6 Å². The summed E-state index contributed by atoms with van der Waals surface area (Å²) in [7, 11) is -3.70. The van der Waals surface area contributed by atoms with Crippen LogP contribution in [0.25, 0.3) is 0 Å². The van der Waals surface area contributed by atoms with Crippen molar-refractivity contribution in [2.75, 3.05) is 4.72 Å². The molecule has 1 aromatic heterocycles. The van der Waals surface area contributed by atoms with Crippen molar-refractivity contribution in [1.29, 1.82) is 0 Å². The molecule has 1 heterocycles. The number of nitrogens with zero attached hydrogens (tertiary/aromatic N) is 2. The summed E-state index contributed by atoms with van der Waals surface area (Å²) in [5, 5.41) is 5.97. The number of anilines is 1. The lowest BCUT2D eigenvalue weighted by Gasteiger charge is -2.07. The van der Waals surface area contributed by atoms with Crippen molar-refractivity contribution in [3.63, 3.8) is 0 Å². The van der Waals surface area contributed by atoms with E-state index in [0.29, 0.717) is 8.95 Å². The van der Waals surface area contributed by atoms with Crippen LogP contribution in [-0.2, 0) is 10.0 Å². The van der Waals surface area contributed by atoms with E-state index in [1.165, 1.54) is 12.4 Å². The second-order valence-corrected chi connectivity index (χ2v) is 6.44. The van der Waals surface area contributed by atoms with Crippen LogP contribution >= 0.6 is 31.9 Å². The van der Waals surface area contributed by atoms with Gasteiger partial charge in [0.15, 0.2) is 0 Å². The van der Waals surface area contributed by atoms with Gasteiger partial charge in [-0.3, -0.25) is 0 Å². The molecule has 0 radical (unpaired) electrons. The fourth-order valence-electron chi connectivity index (χ4n) is 1.12. The highest BCUT2D eigenvalue weighted by Crippen LogP contribution is 2.26. The average molecular weight is 382 g/mol. The van der Waals surface area contributed by atoms with Crippen molar-refractivity contribution in [1.82, 2.24) is 15.2 Å². The highest BCUT2D eigenvalue weighted by atomic mass is 79.9. The van der Waals surface area contributed by atoms with Crippen molar-refractivity contribution in [2.45, 2.75) is 4.90 Å². The summed E-state index contributed by atoms with van der Waals surface area (Å²) in [5.41, 5.74) is 0. The number of sulfonamides is 1. The van der Waals surface area contributed by atoms with E-state index in [2.05, 4.69) is 51.8 Å². The molecule has 2 N–H and O–H groups in total. The third-order valence-corrected chi connectivity index (χ3v) is 4.65. The molecule has 0 aliphatic heterocycles. The Hall–Kier alpha value is -0.930. The Balaban J connectivity index is 2.41. The molecule has 0 amide bonds. The van der Waals surface area contributed by atoms with Gasteiger partial charge in [-0.2, -0.15) is 10.1 Å². The van der Waals surface area contributed by atoms with Crippen molar-refractivity contribution >= 4 is 47.8 Å². The molecule has 0 spiro atoms. The number of rotatable bonds is 3. The molecule has 0 saturated heterocycles. The Labute approximate surface area is 114 Å². The van der Waals surface area contributed by atoms with Crippen molar-refractivity contribution in [3.05, 3.63) is 33.5 Å². The van der Waals surface area contributed by atoms with Crippen molar-refractivity contribution in [2.24, 2.45) is 0 Å². The number of halogens is 2. The Bertz CT molecular complexity index is 627. The molecule has 0 aliphatic carbocycles. The summed E-state index contributed by atoms with van der Waals surface area (Å²) in [6.45, 7) is 0. The topological polar surface area (TPSA) is 87.7 Å². The predicted octanol–water partition coefficient (Wildman–Crippen LogP) is 2.13. The lowest BCUT2D eigenvalue weighted by atomic mass is 10.4. The Morgan fingerprint density at radius 2 is 2.06 bits per heavy atom. The zero-order chi connectivity index (χ0) is 12.5. The first-order valence-electron chi connectivity index (χ1n) is 4.32. The van der Waals surface area contributed by atoms with Crippen LogP contribution in [0.5, 0.6) is 0 Å². The number of aromatic nitrogens is 3. The molecule has 90 valence electrons. The van der Waals surface area contributed by atoms with E-state index in [1.54, 1.807) is 12.1 Å². The molecule has 0 atom stereocenters. The summed E-state index contributed by atoms with van der Waals surface area (Å²) in [4.78, 5) is 3.81. The molecule has 0 saturated carbocycles. The number of benzene rings is 1. The molecular formula is C8H6Br2N4O2S. The van der Waals surface area contributed by atoms with Gasteiger partial charge in [0.2, 0.25) is 5.95 Å². The van der Waals surface area contributed by atoms with Gasteiger partial charge in [0.05, 0.1) is 0 Å². The van der Waals surface area contributed by atoms with Crippen LogP contribution in [0.15, 0.2) is 38.4 Å². The van der Waals surface area contributed by atoms with Crippen molar-refractivity contribution < 1.29 is 8.42 Å². The summed E-state index contributed by atoms with van der Waals surface area (Å²) >= 11 is 6.40. The fourth-order valence-corrected chi connectivity index (χ4v) is 3.59. The molecule has 2 aromatic rings. The summed E-state index contributed by atoms with van der Waals surface area (Å²) in [6, 6.07) is 4.86.